The van der Waals surface area contributed by atoms with E-state index < -0.39 is 0 Å². The first kappa shape index (κ1) is 10.8. The predicted octanol–water partition coefficient (Wildman–Crippen LogP) is 2.69. The molecular weight excluding hydrogens is 174 g/mol. The van der Waals surface area contributed by atoms with E-state index in [0.29, 0.717) is 0 Å². The smallest absolute Gasteiger partial charge is 0.252 e. The van der Waals surface area contributed by atoms with E-state index in [0.717, 1.165) is 11.1 Å². The highest BCUT2D eigenvalue weighted by Crippen LogP contribution is 2.29. The van der Waals surface area contributed by atoms with Crippen LogP contribution < -0.4 is 5.32 Å². The van der Waals surface area contributed by atoms with E-state index in [1.165, 1.54) is 0 Å². The summed E-state index contributed by atoms with van der Waals surface area (Å²) in [5.41, 5.74) is 1.70. The van der Waals surface area contributed by atoms with Gasteiger partial charge in [-0.3, -0.25) is 4.79 Å². The highest BCUT2D eigenvalue weighted by atomic mass is 16.2. The van der Waals surface area contributed by atoms with Gasteiger partial charge in [-0.2, -0.15) is 0 Å². The summed E-state index contributed by atoms with van der Waals surface area (Å²) in [6.45, 7) is 8.02. The first-order valence-corrected chi connectivity index (χ1v) is 5.03. The number of rotatable bonds is 0. The van der Waals surface area contributed by atoms with Gasteiger partial charge in [-0.15, -0.1) is 0 Å². The minimum absolute atomic E-state index is 0.0376. The molecule has 0 atom stereocenters. The largest absolute Gasteiger partial charge is 0.343 e. The molecule has 0 saturated heterocycles. The van der Waals surface area contributed by atoms with E-state index in [-0.39, 0.29) is 11.4 Å². The Morgan fingerprint density at radius 1 is 1.14 bits per heavy atom. The maximum absolute atomic E-state index is 11.4. The number of hydrogen-bond acceptors (Lipinski definition) is 1. The quantitative estimate of drug-likeness (QED) is 0.671. The second-order valence-electron chi connectivity index (χ2n) is 3.62. The summed E-state index contributed by atoms with van der Waals surface area (Å²) in [5.74, 6) is 0.0376. The number of amides is 1. The number of carbonyl (C=O) groups is 1. The Bertz CT molecular complexity index is 342. The van der Waals surface area contributed by atoms with Gasteiger partial charge in [0.25, 0.3) is 5.91 Å². The van der Waals surface area contributed by atoms with Crippen molar-refractivity contribution in [2.75, 3.05) is 0 Å². The van der Waals surface area contributed by atoms with Crippen LogP contribution in [-0.4, -0.2) is 5.91 Å². The molecule has 0 unspecified atom stereocenters. The number of carbonyl (C=O) groups excluding carboxylic acids is 1. The highest BCUT2D eigenvalue weighted by molar-refractivity contribution is 5.99. The molecular formula is C12H17NO. The molecule has 1 amide bonds. The number of fused-ring (bicyclic) bond motifs is 1. The van der Waals surface area contributed by atoms with Crippen LogP contribution in [0.4, 0.5) is 0 Å². The summed E-state index contributed by atoms with van der Waals surface area (Å²) < 4.78 is 0. The molecule has 2 rings (SSSR count). The molecule has 1 aliphatic rings. The minimum atomic E-state index is -0.201. The van der Waals surface area contributed by atoms with Crippen LogP contribution >= 0.6 is 0 Å². The van der Waals surface area contributed by atoms with Crippen molar-refractivity contribution in [1.29, 1.82) is 0 Å². The summed E-state index contributed by atoms with van der Waals surface area (Å²) in [5, 5.41) is 2.92. The molecule has 1 aromatic rings. The summed E-state index contributed by atoms with van der Waals surface area (Å²) in [7, 11) is 0. The molecule has 0 aromatic heterocycles. The zero-order chi connectivity index (χ0) is 10.8. The van der Waals surface area contributed by atoms with Crippen LogP contribution in [0.15, 0.2) is 24.3 Å². The number of benzene rings is 1. The van der Waals surface area contributed by atoms with Crippen LogP contribution in [0, 0.1) is 0 Å². The molecule has 14 heavy (non-hydrogen) atoms. The lowest BCUT2D eigenvalue weighted by Crippen LogP contribution is -2.32. The van der Waals surface area contributed by atoms with Crippen molar-refractivity contribution in [2.24, 2.45) is 0 Å². The first-order valence-electron chi connectivity index (χ1n) is 5.03. The van der Waals surface area contributed by atoms with Gasteiger partial charge in [0.2, 0.25) is 0 Å². The Kier molecular flexibility index (Phi) is 2.94. The van der Waals surface area contributed by atoms with E-state index in [1.807, 2.05) is 52.0 Å². The Morgan fingerprint density at radius 3 is 2.29 bits per heavy atom. The summed E-state index contributed by atoms with van der Waals surface area (Å²) >= 11 is 0. The summed E-state index contributed by atoms with van der Waals surface area (Å²) in [6, 6.07) is 7.70. The van der Waals surface area contributed by atoms with Gasteiger partial charge in [0.15, 0.2) is 0 Å². The van der Waals surface area contributed by atoms with Crippen LogP contribution in [0.3, 0.4) is 0 Å². The highest BCUT2D eigenvalue weighted by Gasteiger charge is 2.33. The van der Waals surface area contributed by atoms with Crippen LogP contribution in [-0.2, 0) is 5.54 Å². The summed E-state index contributed by atoms with van der Waals surface area (Å²) in [4.78, 5) is 11.4. The van der Waals surface area contributed by atoms with E-state index in [2.05, 4.69) is 5.32 Å². The Balaban J connectivity index is 0.000000461. The molecule has 0 fully saturated rings. The Hall–Kier alpha value is -1.31. The van der Waals surface area contributed by atoms with Crippen molar-refractivity contribution in [3.8, 4) is 0 Å². The lowest BCUT2D eigenvalue weighted by atomic mass is 9.95. The van der Waals surface area contributed by atoms with Gasteiger partial charge >= 0.3 is 0 Å². The maximum Gasteiger partial charge on any atom is 0.252 e. The third-order valence-corrected chi connectivity index (χ3v) is 2.27. The molecule has 0 radical (unpaired) electrons. The van der Waals surface area contributed by atoms with Gasteiger partial charge in [-0.05, 0) is 25.5 Å². The standard InChI is InChI=1S/C10H11NO.C2H6/c1-10(2)8-6-4-3-5-7(8)9(12)11-10;1-2/h3-6H,1-2H3,(H,11,12);1-2H3. The lowest BCUT2D eigenvalue weighted by molar-refractivity contribution is 0.0940. The second kappa shape index (κ2) is 3.82. The Morgan fingerprint density at radius 2 is 1.71 bits per heavy atom. The molecule has 1 aliphatic heterocycles. The minimum Gasteiger partial charge on any atom is -0.343 e. The van der Waals surface area contributed by atoms with Crippen LogP contribution in [0.1, 0.15) is 43.6 Å². The fourth-order valence-electron chi connectivity index (χ4n) is 1.64. The third-order valence-electron chi connectivity index (χ3n) is 2.27. The van der Waals surface area contributed by atoms with Crippen LogP contribution in [0.2, 0.25) is 0 Å². The van der Waals surface area contributed by atoms with Gasteiger partial charge in [0.1, 0.15) is 0 Å². The molecule has 0 bridgehead atoms. The normalized spacial score (nSPS) is 16.4. The predicted molar refractivity (Wildman–Crippen MR) is 58.3 cm³/mol. The monoisotopic (exact) mass is 191 g/mol. The third kappa shape index (κ3) is 1.65. The number of hydrogen-bond donors (Lipinski definition) is 1. The second-order valence-corrected chi connectivity index (χ2v) is 3.62. The summed E-state index contributed by atoms with van der Waals surface area (Å²) in [6.07, 6.45) is 0. The molecule has 1 N–H and O–H groups in total. The molecule has 0 aliphatic carbocycles. The zero-order valence-corrected chi connectivity index (χ0v) is 9.22. The molecule has 1 aromatic carbocycles. The van der Waals surface area contributed by atoms with Crippen molar-refractivity contribution >= 4 is 5.91 Å². The molecule has 2 heteroatoms. The van der Waals surface area contributed by atoms with E-state index in [1.54, 1.807) is 0 Å². The molecule has 0 spiro atoms. The zero-order valence-electron chi connectivity index (χ0n) is 9.22. The van der Waals surface area contributed by atoms with Crippen molar-refractivity contribution < 1.29 is 4.79 Å². The fourth-order valence-corrected chi connectivity index (χ4v) is 1.64. The van der Waals surface area contributed by atoms with Gasteiger partial charge < -0.3 is 5.32 Å². The Labute approximate surface area is 85.3 Å². The molecule has 0 saturated carbocycles. The van der Waals surface area contributed by atoms with Crippen LogP contribution in [0.25, 0.3) is 0 Å². The molecule has 76 valence electrons. The SMILES string of the molecule is CC.CC1(C)NC(=O)c2ccccc21. The van der Waals surface area contributed by atoms with Gasteiger partial charge in [0.05, 0.1) is 5.54 Å². The van der Waals surface area contributed by atoms with Gasteiger partial charge in [-0.1, -0.05) is 32.0 Å². The van der Waals surface area contributed by atoms with E-state index in [9.17, 15) is 4.79 Å². The van der Waals surface area contributed by atoms with E-state index in [4.69, 9.17) is 0 Å². The van der Waals surface area contributed by atoms with Gasteiger partial charge in [-0.25, -0.2) is 0 Å². The maximum atomic E-state index is 11.4. The van der Waals surface area contributed by atoms with Crippen LogP contribution in [0.5, 0.6) is 0 Å². The van der Waals surface area contributed by atoms with Crippen molar-refractivity contribution in [3.63, 3.8) is 0 Å². The average Bonchev–Trinajstić information content (AvgIpc) is 2.42. The first-order chi connectivity index (χ1) is 6.61. The van der Waals surface area contributed by atoms with Crippen molar-refractivity contribution in [1.82, 2.24) is 5.32 Å². The van der Waals surface area contributed by atoms with E-state index >= 15 is 0 Å². The van der Waals surface area contributed by atoms with Crippen molar-refractivity contribution in [2.45, 2.75) is 33.2 Å². The van der Waals surface area contributed by atoms with Gasteiger partial charge in [0, 0.05) is 5.56 Å². The molecule has 2 nitrogen and oxygen atoms in total. The average molecular weight is 191 g/mol. The lowest BCUT2D eigenvalue weighted by Gasteiger charge is -2.18. The topological polar surface area (TPSA) is 29.1 Å². The van der Waals surface area contributed by atoms with Crippen molar-refractivity contribution in [3.05, 3.63) is 35.4 Å². The number of nitrogens with one attached hydrogen (secondary N) is 1. The molecule has 1 heterocycles. The fraction of sp³-hybridized carbons (Fsp3) is 0.417.